The molecule has 6 rings (SSSR count). The molecule has 246 valence electrons. The van der Waals surface area contributed by atoms with Gasteiger partial charge in [0.25, 0.3) is 0 Å². The van der Waals surface area contributed by atoms with Gasteiger partial charge in [-0.2, -0.15) is 9.61 Å². The first kappa shape index (κ1) is 33.5. The molecule has 0 radical (unpaired) electrons. The Bertz CT molecular complexity index is 1600. The van der Waals surface area contributed by atoms with Crippen LogP contribution in [-0.4, -0.2) is 62.4 Å². The number of hydrogen-bond acceptors (Lipinski definition) is 6. The van der Waals surface area contributed by atoms with Crippen LogP contribution in [0.4, 0.5) is 5.82 Å². The molecule has 3 unspecified atom stereocenters. The predicted molar refractivity (Wildman–Crippen MR) is 198 cm³/mol. The SMILES string of the molecule is C[Si](C)(C)CCOCN(COCC[Si](C)(C)C)c1c(Br)c(C2CC3CCC2C3)nc2c(-c3ccc(-c4ccccc4)nc3)cnn12. The smallest absolute Gasteiger partial charge is 0.165 e. The highest BCUT2D eigenvalue weighted by Crippen LogP contribution is 2.54. The monoisotopic (exact) mass is 719 g/mol. The van der Waals surface area contributed by atoms with E-state index in [4.69, 9.17) is 24.5 Å². The van der Waals surface area contributed by atoms with Gasteiger partial charge in [0.05, 0.1) is 22.1 Å². The molecule has 2 aliphatic carbocycles. The van der Waals surface area contributed by atoms with E-state index in [9.17, 15) is 0 Å². The van der Waals surface area contributed by atoms with Gasteiger partial charge in [-0.25, -0.2) is 4.98 Å². The molecule has 2 aliphatic rings. The maximum atomic E-state index is 6.39. The first-order valence-corrected chi connectivity index (χ1v) is 25.2. The third kappa shape index (κ3) is 7.84. The van der Waals surface area contributed by atoms with Gasteiger partial charge in [-0.3, -0.25) is 4.98 Å². The van der Waals surface area contributed by atoms with Gasteiger partial charge in [0.15, 0.2) is 11.5 Å². The molecule has 4 aromatic rings. The lowest BCUT2D eigenvalue weighted by Crippen LogP contribution is -2.34. The quantitative estimate of drug-likeness (QED) is 0.0735. The van der Waals surface area contributed by atoms with Crippen molar-refractivity contribution in [2.75, 3.05) is 31.6 Å². The number of hydrogen-bond donors (Lipinski definition) is 0. The Morgan fingerprint density at radius 1 is 0.848 bits per heavy atom. The van der Waals surface area contributed by atoms with E-state index in [2.05, 4.69) is 84.4 Å². The molecule has 2 saturated carbocycles. The fourth-order valence-electron chi connectivity index (χ4n) is 6.88. The van der Waals surface area contributed by atoms with E-state index in [1.807, 2.05) is 35.1 Å². The van der Waals surface area contributed by atoms with Crippen molar-refractivity contribution in [3.05, 3.63) is 65.0 Å². The molecule has 3 aromatic heterocycles. The molecule has 0 aliphatic heterocycles. The maximum Gasteiger partial charge on any atom is 0.165 e. The maximum absolute atomic E-state index is 6.39. The summed E-state index contributed by atoms with van der Waals surface area (Å²) in [6, 6.07) is 16.8. The minimum atomic E-state index is -1.22. The Hall–Kier alpha value is -2.38. The molecule has 2 bridgehead atoms. The van der Waals surface area contributed by atoms with Gasteiger partial charge in [-0.1, -0.05) is 82.1 Å². The van der Waals surface area contributed by atoms with Crippen molar-refractivity contribution in [2.24, 2.45) is 11.8 Å². The molecule has 0 spiro atoms. The van der Waals surface area contributed by atoms with Crippen LogP contribution >= 0.6 is 15.9 Å². The second-order valence-corrected chi connectivity index (χ2v) is 27.8. The summed E-state index contributed by atoms with van der Waals surface area (Å²) in [6.07, 6.45) is 9.08. The normalized spacial score (nSPS) is 19.8. The summed E-state index contributed by atoms with van der Waals surface area (Å²) in [4.78, 5) is 12.5. The zero-order chi connectivity index (χ0) is 32.5. The molecule has 1 aromatic carbocycles. The Morgan fingerprint density at radius 3 is 2.11 bits per heavy atom. The summed E-state index contributed by atoms with van der Waals surface area (Å²) in [5.41, 5.74) is 6.08. The lowest BCUT2D eigenvalue weighted by atomic mass is 9.86. The number of benzene rings is 1. The fraction of sp³-hybridized carbons (Fsp3) is 0.528. The van der Waals surface area contributed by atoms with Crippen LogP contribution in [0.3, 0.4) is 0 Å². The molecule has 0 amide bonds. The molecule has 0 N–H and O–H groups in total. The van der Waals surface area contributed by atoms with Crippen molar-refractivity contribution in [3.8, 4) is 22.4 Å². The van der Waals surface area contributed by atoms with Crippen molar-refractivity contribution < 1.29 is 9.47 Å². The van der Waals surface area contributed by atoms with Crippen molar-refractivity contribution in [1.29, 1.82) is 0 Å². The van der Waals surface area contributed by atoms with E-state index in [-0.39, 0.29) is 0 Å². The Balaban J connectivity index is 1.39. The minimum absolute atomic E-state index is 0.438. The number of aromatic nitrogens is 4. The minimum Gasteiger partial charge on any atom is -0.361 e. The second kappa shape index (κ2) is 14.0. The molecule has 46 heavy (non-hydrogen) atoms. The highest BCUT2D eigenvalue weighted by atomic mass is 79.9. The van der Waals surface area contributed by atoms with E-state index in [0.29, 0.717) is 25.3 Å². The highest BCUT2D eigenvalue weighted by Gasteiger charge is 2.42. The number of fused-ring (bicyclic) bond motifs is 3. The zero-order valence-corrected chi connectivity index (χ0v) is 32.0. The average Bonchev–Trinajstić information content (AvgIpc) is 3.76. The van der Waals surface area contributed by atoms with Crippen LogP contribution in [0.2, 0.25) is 51.4 Å². The van der Waals surface area contributed by atoms with Crippen molar-refractivity contribution in [2.45, 2.75) is 83.0 Å². The van der Waals surface area contributed by atoms with Gasteiger partial charge >= 0.3 is 0 Å². The highest BCUT2D eigenvalue weighted by molar-refractivity contribution is 9.10. The topological polar surface area (TPSA) is 64.8 Å². The lowest BCUT2D eigenvalue weighted by molar-refractivity contribution is 0.0941. The van der Waals surface area contributed by atoms with Crippen molar-refractivity contribution >= 4 is 43.5 Å². The number of nitrogens with zero attached hydrogens (tertiary/aromatic N) is 5. The van der Waals surface area contributed by atoms with Gasteiger partial charge in [-0.05, 0) is 65.2 Å². The molecule has 10 heteroatoms. The third-order valence-corrected chi connectivity index (χ3v) is 13.8. The predicted octanol–water partition coefficient (Wildman–Crippen LogP) is 9.56. The molecule has 3 atom stereocenters. The lowest BCUT2D eigenvalue weighted by Gasteiger charge is -2.29. The standard InChI is InChI=1S/C36H50BrN5O2Si2/c1-45(2,3)18-16-43-24-41(25-44-17-19-46(4,5)6)36-33(37)34(30-21-26-12-13-28(30)20-26)40-35-31(23-39-42(35)36)29-14-15-32(38-22-29)27-10-8-7-9-11-27/h7-11,14-15,22-23,26,28,30H,12-13,16-21,24-25H2,1-6H3. The number of rotatable bonds is 14. The number of ether oxygens (including phenoxy) is 2. The van der Waals surface area contributed by atoms with Gasteiger partial charge in [0.1, 0.15) is 13.5 Å². The van der Waals surface area contributed by atoms with Crippen molar-refractivity contribution in [3.63, 3.8) is 0 Å². The first-order chi connectivity index (χ1) is 22.0. The summed E-state index contributed by atoms with van der Waals surface area (Å²) in [5.74, 6) is 2.91. The second-order valence-electron chi connectivity index (χ2n) is 15.7. The van der Waals surface area contributed by atoms with Crippen LogP contribution in [0.5, 0.6) is 0 Å². The van der Waals surface area contributed by atoms with Gasteiger partial charge in [-0.15, -0.1) is 0 Å². The number of halogens is 1. The van der Waals surface area contributed by atoms with E-state index in [0.717, 1.165) is 75.2 Å². The Kier molecular flexibility index (Phi) is 10.2. The Labute approximate surface area is 285 Å². The molecular formula is C36H50BrN5O2Si2. The summed E-state index contributed by atoms with van der Waals surface area (Å²) < 4.78 is 15.8. The first-order valence-electron chi connectivity index (χ1n) is 17.0. The van der Waals surface area contributed by atoms with Crippen LogP contribution in [0.15, 0.2) is 59.3 Å². The molecular weight excluding hydrogens is 671 g/mol. The van der Waals surface area contributed by atoms with Crippen molar-refractivity contribution in [1.82, 2.24) is 19.6 Å². The van der Waals surface area contributed by atoms with Crippen LogP contribution in [0.1, 0.15) is 37.3 Å². The van der Waals surface area contributed by atoms with Gasteiger partial charge in [0.2, 0.25) is 0 Å². The van der Waals surface area contributed by atoms with Crippen LogP contribution < -0.4 is 4.90 Å². The Morgan fingerprint density at radius 2 is 1.54 bits per heavy atom. The van der Waals surface area contributed by atoms with E-state index >= 15 is 0 Å². The molecule has 7 nitrogen and oxygen atoms in total. The fourth-order valence-corrected chi connectivity index (χ4v) is 9.19. The van der Waals surface area contributed by atoms with Gasteiger partial charge in [0, 0.05) is 58.2 Å². The van der Waals surface area contributed by atoms with E-state index in [1.54, 1.807) is 0 Å². The van der Waals surface area contributed by atoms with E-state index < -0.39 is 16.1 Å². The largest absolute Gasteiger partial charge is 0.361 e. The summed E-state index contributed by atoms with van der Waals surface area (Å²) in [6.45, 7) is 16.7. The third-order valence-electron chi connectivity index (χ3n) is 9.61. The number of pyridine rings is 1. The van der Waals surface area contributed by atoms with Gasteiger partial charge < -0.3 is 14.4 Å². The molecule has 2 fully saturated rings. The van der Waals surface area contributed by atoms with Crippen LogP contribution in [-0.2, 0) is 9.47 Å². The molecule has 0 saturated heterocycles. The molecule has 3 heterocycles. The number of anilines is 1. The van der Waals surface area contributed by atoms with Crippen LogP contribution in [0.25, 0.3) is 28.0 Å². The average molecular weight is 721 g/mol. The summed E-state index contributed by atoms with van der Waals surface area (Å²) >= 11 is 4.09. The summed E-state index contributed by atoms with van der Waals surface area (Å²) in [7, 11) is -2.45. The van der Waals surface area contributed by atoms with E-state index in [1.165, 1.54) is 25.7 Å². The zero-order valence-electron chi connectivity index (χ0n) is 28.4. The summed E-state index contributed by atoms with van der Waals surface area (Å²) in [5, 5.41) is 4.97. The van der Waals surface area contributed by atoms with Crippen LogP contribution in [0, 0.1) is 11.8 Å².